The number of carbonyl (C=O) groups excluding carboxylic acids is 2. The van der Waals surface area contributed by atoms with Gasteiger partial charge in [0.1, 0.15) is 22.4 Å². The molecule has 1 aliphatic carbocycles. The van der Waals surface area contributed by atoms with E-state index in [2.05, 4.69) is 10.1 Å². The predicted molar refractivity (Wildman–Crippen MR) is 112 cm³/mol. The molecule has 0 saturated carbocycles. The van der Waals surface area contributed by atoms with Crippen LogP contribution in [0, 0.1) is 11.3 Å². The minimum Gasteiger partial charge on any atom is -0.462 e. The first-order valence-electron chi connectivity index (χ1n) is 9.73. The van der Waals surface area contributed by atoms with E-state index in [1.54, 1.807) is 19.1 Å². The summed E-state index contributed by atoms with van der Waals surface area (Å²) in [7, 11) is 0. The molecule has 0 fully saturated rings. The minimum atomic E-state index is -3.04. The molecule has 1 aliphatic rings. The predicted octanol–water partition coefficient (Wildman–Crippen LogP) is 4.95. The van der Waals surface area contributed by atoms with Gasteiger partial charge in [-0.2, -0.15) is 14.0 Å². The first kappa shape index (κ1) is 22.4. The SMILES string of the molecule is CCOC(=O)c1c(NC(=O)C(C#N)=Cc2ccccc2OC(F)F)sc2c1CCCC2. The number of nitriles is 1. The Bertz CT molecular complexity index is 1060. The zero-order chi connectivity index (χ0) is 22.4. The Balaban J connectivity index is 1.92. The van der Waals surface area contributed by atoms with Gasteiger partial charge in [0, 0.05) is 10.4 Å². The van der Waals surface area contributed by atoms with Gasteiger partial charge in [-0.05, 0) is 50.3 Å². The van der Waals surface area contributed by atoms with Gasteiger partial charge < -0.3 is 14.8 Å². The Morgan fingerprint density at radius 3 is 2.74 bits per heavy atom. The molecule has 1 aromatic heterocycles. The van der Waals surface area contributed by atoms with Crippen LogP contribution in [-0.2, 0) is 22.4 Å². The van der Waals surface area contributed by atoms with E-state index in [9.17, 15) is 23.6 Å². The monoisotopic (exact) mass is 446 g/mol. The van der Waals surface area contributed by atoms with Gasteiger partial charge in [-0.3, -0.25) is 4.79 Å². The number of anilines is 1. The summed E-state index contributed by atoms with van der Waals surface area (Å²) in [6, 6.07) is 7.63. The summed E-state index contributed by atoms with van der Waals surface area (Å²) in [5.41, 5.74) is 1.05. The molecule has 1 heterocycles. The van der Waals surface area contributed by atoms with Gasteiger partial charge in [-0.15, -0.1) is 11.3 Å². The van der Waals surface area contributed by atoms with Crippen molar-refractivity contribution in [2.24, 2.45) is 0 Å². The van der Waals surface area contributed by atoms with Gasteiger partial charge >= 0.3 is 12.6 Å². The third-order valence-corrected chi connectivity index (χ3v) is 5.89. The van der Waals surface area contributed by atoms with E-state index >= 15 is 0 Å². The topological polar surface area (TPSA) is 88.4 Å². The lowest BCUT2D eigenvalue weighted by molar-refractivity contribution is -0.112. The van der Waals surface area contributed by atoms with E-state index < -0.39 is 18.5 Å². The van der Waals surface area contributed by atoms with Crippen molar-refractivity contribution in [2.75, 3.05) is 11.9 Å². The molecule has 162 valence electrons. The van der Waals surface area contributed by atoms with Crippen molar-refractivity contribution in [3.05, 3.63) is 51.4 Å². The smallest absolute Gasteiger partial charge is 0.387 e. The summed E-state index contributed by atoms with van der Waals surface area (Å²) >= 11 is 1.30. The van der Waals surface area contributed by atoms with Gasteiger partial charge in [-0.1, -0.05) is 18.2 Å². The molecule has 0 bridgehead atoms. The van der Waals surface area contributed by atoms with E-state index in [4.69, 9.17) is 4.74 Å². The molecule has 31 heavy (non-hydrogen) atoms. The third kappa shape index (κ3) is 5.27. The number of rotatable bonds is 7. The second-order valence-corrected chi connectivity index (χ2v) is 7.78. The number of fused-ring (bicyclic) bond motifs is 1. The van der Waals surface area contributed by atoms with Crippen LogP contribution < -0.4 is 10.1 Å². The van der Waals surface area contributed by atoms with Crippen LogP contribution in [0.4, 0.5) is 13.8 Å². The molecular weight excluding hydrogens is 426 g/mol. The van der Waals surface area contributed by atoms with Crippen LogP contribution in [0.15, 0.2) is 29.8 Å². The normalized spacial score (nSPS) is 13.3. The van der Waals surface area contributed by atoms with Crippen molar-refractivity contribution in [3.63, 3.8) is 0 Å². The summed E-state index contributed by atoms with van der Waals surface area (Å²) in [5, 5.41) is 12.4. The number of para-hydroxylation sites is 1. The van der Waals surface area contributed by atoms with Crippen LogP contribution in [0.25, 0.3) is 6.08 Å². The first-order chi connectivity index (χ1) is 14.9. The molecule has 2 aromatic rings. The van der Waals surface area contributed by atoms with Crippen molar-refractivity contribution in [1.29, 1.82) is 5.26 Å². The molecular formula is C22H20F2N2O4S. The molecule has 1 N–H and O–H groups in total. The number of hydrogen-bond donors (Lipinski definition) is 1. The molecule has 1 aromatic carbocycles. The number of carbonyl (C=O) groups is 2. The number of thiophene rings is 1. The Kier molecular flexibility index (Phi) is 7.36. The number of amides is 1. The number of nitrogens with one attached hydrogen (secondary N) is 1. The Morgan fingerprint density at radius 1 is 1.29 bits per heavy atom. The van der Waals surface area contributed by atoms with Crippen LogP contribution in [-0.4, -0.2) is 25.1 Å². The van der Waals surface area contributed by atoms with Crippen molar-refractivity contribution in [2.45, 2.75) is 39.2 Å². The number of aryl methyl sites for hydroxylation is 1. The van der Waals surface area contributed by atoms with Crippen LogP contribution in [0.2, 0.25) is 0 Å². The molecule has 0 radical (unpaired) electrons. The average molecular weight is 446 g/mol. The van der Waals surface area contributed by atoms with Crippen molar-refractivity contribution in [3.8, 4) is 11.8 Å². The number of halogens is 2. The van der Waals surface area contributed by atoms with Gasteiger partial charge in [-0.25, -0.2) is 4.79 Å². The molecule has 0 unspecified atom stereocenters. The van der Waals surface area contributed by atoms with Gasteiger partial charge in [0.2, 0.25) is 0 Å². The summed E-state index contributed by atoms with van der Waals surface area (Å²) in [5.74, 6) is -1.43. The number of benzene rings is 1. The molecule has 0 atom stereocenters. The van der Waals surface area contributed by atoms with E-state index in [0.717, 1.165) is 36.1 Å². The number of alkyl halides is 2. The fraction of sp³-hybridized carbons (Fsp3) is 0.318. The number of ether oxygens (including phenoxy) is 2. The first-order valence-corrected chi connectivity index (χ1v) is 10.5. The lowest BCUT2D eigenvalue weighted by atomic mass is 9.95. The van der Waals surface area contributed by atoms with Gasteiger partial charge in [0.25, 0.3) is 5.91 Å². The van der Waals surface area contributed by atoms with Crippen LogP contribution in [0.5, 0.6) is 5.75 Å². The van der Waals surface area contributed by atoms with E-state index in [1.165, 1.54) is 35.6 Å². The van der Waals surface area contributed by atoms with Crippen LogP contribution in [0.1, 0.15) is 46.1 Å². The highest BCUT2D eigenvalue weighted by atomic mass is 32.1. The van der Waals surface area contributed by atoms with Crippen molar-refractivity contribution >= 4 is 34.3 Å². The number of hydrogen-bond acceptors (Lipinski definition) is 6. The Hall–Kier alpha value is -3.25. The zero-order valence-corrected chi connectivity index (χ0v) is 17.6. The molecule has 3 rings (SSSR count). The second kappa shape index (κ2) is 10.2. The maximum absolute atomic E-state index is 12.8. The van der Waals surface area contributed by atoms with Gasteiger partial charge in [0.05, 0.1) is 12.2 Å². The summed E-state index contributed by atoms with van der Waals surface area (Å²) in [6.07, 6.45) is 4.63. The largest absolute Gasteiger partial charge is 0.462 e. The van der Waals surface area contributed by atoms with E-state index in [1.807, 2.05) is 0 Å². The Morgan fingerprint density at radius 2 is 2.03 bits per heavy atom. The molecule has 9 heteroatoms. The number of nitrogens with zero attached hydrogens (tertiary/aromatic N) is 1. The van der Waals surface area contributed by atoms with Crippen molar-refractivity contribution in [1.82, 2.24) is 0 Å². The van der Waals surface area contributed by atoms with Crippen LogP contribution >= 0.6 is 11.3 Å². The summed E-state index contributed by atoms with van der Waals surface area (Å²) < 4.78 is 34.9. The third-order valence-electron chi connectivity index (χ3n) is 4.68. The second-order valence-electron chi connectivity index (χ2n) is 6.68. The minimum absolute atomic E-state index is 0.156. The average Bonchev–Trinajstić information content (AvgIpc) is 3.10. The Labute approximate surface area is 182 Å². The summed E-state index contributed by atoms with van der Waals surface area (Å²) in [4.78, 5) is 26.3. The maximum atomic E-state index is 12.8. The highest BCUT2D eigenvalue weighted by Gasteiger charge is 2.27. The molecule has 0 saturated heterocycles. The fourth-order valence-electron chi connectivity index (χ4n) is 3.35. The standard InChI is InChI=1S/C22H20F2N2O4S/c1-2-29-21(28)18-15-8-4-6-10-17(15)31-20(18)26-19(27)14(12-25)11-13-7-3-5-9-16(13)30-22(23)24/h3,5,7,9,11,22H,2,4,6,8,10H2,1H3,(H,26,27). The fourth-order valence-corrected chi connectivity index (χ4v) is 4.62. The molecule has 0 aliphatic heterocycles. The quantitative estimate of drug-likeness (QED) is 0.369. The molecule has 1 amide bonds. The van der Waals surface area contributed by atoms with Crippen LogP contribution in [0.3, 0.4) is 0 Å². The molecule has 0 spiro atoms. The lowest BCUT2D eigenvalue weighted by Gasteiger charge is -2.12. The van der Waals surface area contributed by atoms with Crippen molar-refractivity contribution < 1.29 is 27.8 Å². The highest BCUT2D eigenvalue weighted by Crippen LogP contribution is 2.39. The number of esters is 1. The maximum Gasteiger partial charge on any atom is 0.387 e. The van der Waals surface area contributed by atoms with Gasteiger partial charge in [0.15, 0.2) is 0 Å². The highest BCUT2D eigenvalue weighted by molar-refractivity contribution is 7.17. The zero-order valence-electron chi connectivity index (χ0n) is 16.7. The van der Waals surface area contributed by atoms with E-state index in [0.29, 0.717) is 10.6 Å². The lowest BCUT2D eigenvalue weighted by Crippen LogP contribution is -2.16. The molecule has 6 nitrogen and oxygen atoms in total. The van der Waals surface area contributed by atoms with E-state index in [-0.39, 0.29) is 23.5 Å². The summed E-state index contributed by atoms with van der Waals surface area (Å²) in [6.45, 7) is -1.15.